The van der Waals surface area contributed by atoms with E-state index in [0.717, 1.165) is 34.3 Å². The van der Waals surface area contributed by atoms with E-state index in [2.05, 4.69) is 89.7 Å². The van der Waals surface area contributed by atoms with Crippen LogP contribution < -0.4 is 10.1 Å². The van der Waals surface area contributed by atoms with Crippen molar-refractivity contribution in [2.24, 2.45) is 10.9 Å². The van der Waals surface area contributed by atoms with Crippen molar-refractivity contribution in [2.45, 2.75) is 38.6 Å². The fourth-order valence-corrected chi connectivity index (χ4v) is 5.30. The predicted molar refractivity (Wildman–Crippen MR) is 141 cm³/mol. The van der Waals surface area contributed by atoms with Gasteiger partial charge in [-0.15, -0.1) is 0 Å². The minimum absolute atomic E-state index is 0.303. The topological polar surface area (TPSA) is 33.6 Å². The highest BCUT2D eigenvalue weighted by Crippen LogP contribution is 2.50. The van der Waals surface area contributed by atoms with E-state index in [1.807, 2.05) is 24.4 Å². The van der Waals surface area contributed by atoms with Crippen LogP contribution in [0.1, 0.15) is 54.0 Å². The van der Waals surface area contributed by atoms with E-state index >= 15 is 0 Å². The van der Waals surface area contributed by atoms with Crippen LogP contribution in [-0.4, -0.2) is 12.8 Å². The Labute approximate surface area is 204 Å². The lowest BCUT2D eigenvalue weighted by Crippen LogP contribution is -2.29. The van der Waals surface area contributed by atoms with Crippen LogP contribution in [0.25, 0.3) is 0 Å². The lowest BCUT2D eigenvalue weighted by atomic mass is 9.76. The first-order valence-electron chi connectivity index (χ1n) is 11.7. The number of aliphatic imine (C=N–C) groups is 1. The number of benzene rings is 3. The summed E-state index contributed by atoms with van der Waals surface area (Å²) in [5.41, 5.74) is 7.24. The van der Waals surface area contributed by atoms with Crippen molar-refractivity contribution >= 4 is 33.5 Å². The molecule has 1 aliphatic carbocycles. The average molecular weight is 501 g/mol. The Morgan fingerprint density at radius 1 is 1.09 bits per heavy atom. The van der Waals surface area contributed by atoms with Gasteiger partial charge in [0.05, 0.1) is 18.3 Å². The third-order valence-corrected chi connectivity index (χ3v) is 7.05. The fourth-order valence-electron chi connectivity index (χ4n) is 4.92. The lowest BCUT2D eigenvalue weighted by molar-refractivity contribution is 0.317. The SMILES string of the molecule is CCCOc1ccc(Br)cc1C=Nc1ccc([C@@H]2Nc3ccc(C)cc3[C@H]3C=CC[C@@H]32)cc1. The molecule has 2 aliphatic rings. The van der Waals surface area contributed by atoms with Crippen LogP contribution in [0.4, 0.5) is 11.4 Å². The summed E-state index contributed by atoms with van der Waals surface area (Å²) in [7, 11) is 0. The number of ether oxygens (including phenoxy) is 1. The molecule has 1 N–H and O–H groups in total. The molecule has 4 heteroatoms. The van der Waals surface area contributed by atoms with E-state index in [1.165, 1.54) is 22.4 Å². The number of fused-ring (bicyclic) bond motifs is 3. The van der Waals surface area contributed by atoms with Gasteiger partial charge in [0.25, 0.3) is 0 Å². The zero-order valence-electron chi connectivity index (χ0n) is 19.1. The predicted octanol–water partition coefficient (Wildman–Crippen LogP) is 8.12. The Bertz CT molecular complexity index is 1200. The lowest BCUT2D eigenvalue weighted by Gasteiger charge is -2.37. The van der Waals surface area contributed by atoms with Crippen LogP contribution >= 0.6 is 15.9 Å². The minimum atomic E-state index is 0.303. The Morgan fingerprint density at radius 2 is 1.94 bits per heavy atom. The van der Waals surface area contributed by atoms with Crippen molar-refractivity contribution < 1.29 is 4.74 Å². The Hall–Kier alpha value is -2.85. The second kappa shape index (κ2) is 9.56. The van der Waals surface area contributed by atoms with Gasteiger partial charge in [0.15, 0.2) is 0 Å². The summed E-state index contributed by atoms with van der Waals surface area (Å²) >= 11 is 3.55. The van der Waals surface area contributed by atoms with Crippen molar-refractivity contribution in [3.8, 4) is 5.75 Å². The van der Waals surface area contributed by atoms with Gasteiger partial charge in [-0.25, -0.2) is 0 Å². The molecule has 0 saturated carbocycles. The molecule has 0 fully saturated rings. The molecule has 0 amide bonds. The van der Waals surface area contributed by atoms with Crippen LogP contribution in [0.5, 0.6) is 5.75 Å². The number of rotatable bonds is 6. The van der Waals surface area contributed by atoms with Crippen LogP contribution in [0.3, 0.4) is 0 Å². The van der Waals surface area contributed by atoms with Crippen LogP contribution in [-0.2, 0) is 0 Å². The van der Waals surface area contributed by atoms with Crippen LogP contribution in [0.15, 0.2) is 82.3 Å². The quantitative estimate of drug-likeness (QED) is 0.273. The molecule has 0 radical (unpaired) electrons. The maximum Gasteiger partial charge on any atom is 0.128 e. The summed E-state index contributed by atoms with van der Waals surface area (Å²) in [5, 5.41) is 3.82. The van der Waals surface area contributed by atoms with Crippen molar-refractivity contribution in [3.63, 3.8) is 0 Å². The van der Waals surface area contributed by atoms with Gasteiger partial charge in [-0.2, -0.15) is 0 Å². The third kappa shape index (κ3) is 4.63. The highest BCUT2D eigenvalue weighted by molar-refractivity contribution is 9.10. The van der Waals surface area contributed by atoms with Gasteiger partial charge in [0, 0.05) is 27.9 Å². The van der Waals surface area contributed by atoms with E-state index < -0.39 is 0 Å². The molecule has 168 valence electrons. The van der Waals surface area contributed by atoms with Gasteiger partial charge in [0.1, 0.15) is 5.75 Å². The molecule has 3 aromatic rings. The zero-order valence-corrected chi connectivity index (χ0v) is 20.7. The van der Waals surface area contributed by atoms with E-state index in [0.29, 0.717) is 24.5 Å². The van der Waals surface area contributed by atoms with Crippen LogP contribution in [0, 0.1) is 12.8 Å². The van der Waals surface area contributed by atoms with E-state index in [4.69, 9.17) is 9.73 Å². The molecule has 3 aromatic carbocycles. The molecular weight excluding hydrogens is 472 g/mol. The molecule has 0 bridgehead atoms. The molecular formula is C29H29BrN2O. The first-order valence-corrected chi connectivity index (χ1v) is 12.5. The smallest absolute Gasteiger partial charge is 0.128 e. The number of anilines is 1. The Kier molecular flexibility index (Phi) is 6.37. The molecule has 1 aliphatic heterocycles. The summed E-state index contributed by atoms with van der Waals surface area (Å²) in [4.78, 5) is 4.73. The number of aryl methyl sites for hydroxylation is 1. The number of hydrogen-bond acceptors (Lipinski definition) is 3. The second-order valence-electron chi connectivity index (χ2n) is 8.95. The number of halogens is 1. The summed E-state index contributed by atoms with van der Waals surface area (Å²) in [6.07, 6.45) is 8.71. The van der Waals surface area contributed by atoms with Gasteiger partial charge in [-0.1, -0.05) is 64.8 Å². The monoisotopic (exact) mass is 500 g/mol. The largest absolute Gasteiger partial charge is 0.493 e. The van der Waals surface area contributed by atoms with Gasteiger partial charge >= 0.3 is 0 Å². The third-order valence-electron chi connectivity index (χ3n) is 6.56. The summed E-state index contributed by atoms with van der Waals surface area (Å²) in [6.45, 7) is 4.98. The van der Waals surface area contributed by atoms with Crippen molar-refractivity contribution in [2.75, 3.05) is 11.9 Å². The summed E-state index contributed by atoms with van der Waals surface area (Å²) in [5.74, 6) is 1.90. The van der Waals surface area contributed by atoms with E-state index in [-0.39, 0.29) is 0 Å². The number of nitrogens with zero attached hydrogens (tertiary/aromatic N) is 1. The zero-order chi connectivity index (χ0) is 22.8. The first-order chi connectivity index (χ1) is 16.1. The Balaban J connectivity index is 1.36. The maximum absolute atomic E-state index is 5.88. The molecule has 1 heterocycles. The van der Waals surface area contributed by atoms with E-state index in [1.54, 1.807) is 0 Å². The molecule has 3 atom stereocenters. The van der Waals surface area contributed by atoms with Crippen molar-refractivity contribution in [1.82, 2.24) is 0 Å². The standard InChI is InChI=1S/C29H29BrN2O/c1-3-15-33-28-14-10-22(30)17-21(28)18-31-23-11-8-20(9-12-23)29-25-6-4-5-24(25)26-16-19(2)7-13-27(26)32-29/h4-5,7-14,16-18,24-25,29,32H,3,6,15H2,1-2H3/t24-,25-,29-/m0/s1. The highest BCUT2D eigenvalue weighted by Gasteiger charge is 2.37. The minimum Gasteiger partial charge on any atom is -0.493 e. The first kappa shape index (κ1) is 22.0. The normalized spacial score (nSPS) is 21.0. The number of nitrogens with one attached hydrogen (secondary N) is 1. The molecule has 0 aromatic heterocycles. The van der Waals surface area contributed by atoms with Gasteiger partial charge in [0.2, 0.25) is 0 Å². The van der Waals surface area contributed by atoms with Crippen molar-refractivity contribution in [1.29, 1.82) is 0 Å². The number of hydrogen-bond donors (Lipinski definition) is 1. The van der Waals surface area contributed by atoms with Crippen molar-refractivity contribution in [3.05, 3.63) is 99.5 Å². The van der Waals surface area contributed by atoms with Crippen LogP contribution in [0.2, 0.25) is 0 Å². The second-order valence-corrected chi connectivity index (χ2v) is 9.86. The molecule has 3 nitrogen and oxygen atoms in total. The van der Waals surface area contributed by atoms with Gasteiger partial charge in [-0.3, -0.25) is 4.99 Å². The summed E-state index contributed by atoms with van der Waals surface area (Å²) < 4.78 is 6.89. The number of allylic oxidation sites excluding steroid dienone is 2. The Morgan fingerprint density at radius 3 is 2.76 bits per heavy atom. The molecule has 5 rings (SSSR count). The van der Waals surface area contributed by atoms with E-state index in [9.17, 15) is 0 Å². The fraction of sp³-hybridized carbons (Fsp3) is 0.276. The van der Waals surface area contributed by atoms with Gasteiger partial charge < -0.3 is 10.1 Å². The maximum atomic E-state index is 5.88. The highest BCUT2D eigenvalue weighted by atomic mass is 79.9. The molecule has 0 saturated heterocycles. The molecule has 0 spiro atoms. The summed E-state index contributed by atoms with van der Waals surface area (Å²) in [6, 6.07) is 21.8. The van der Waals surface area contributed by atoms with Gasteiger partial charge in [-0.05, 0) is 73.2 Å². The molecule has 0 unspecified atom stereocenters. The average Bonchev–Trinajstić information content (AvgIpc) is 3.32. The molecule has 33 heavy (non-hydrogen) atoms.